The fourth-order valence-electron chi connectivity index (χ4n) is 3.22. The van der Waals surface area contributed by atoms with Gasteiger partial charge in [-0.25, -0.2) is 9.59 Å². The molecule has 6 nitrogen and oxygen atoms in total. The Labute approximate surface area is 181 Å². The molecule has 0 atom stereocenters. The van der Waals surface area contributed by atoms with Gasteiger partial charge in [-0.15, -0.1) is 22.7 Å². The van der Waals surface area contributed by atoms with Crippen LogP contribution in [0, 0.1) is 0 Å². The summed E-state index contributed by atoms with van der Waals surface area (Å²) in [5.41, 5.74) is 3.00. The summed E-state index contributed by atoms with van der Waals surface area (Å²) in [5.74, 6) is -0.779. The topological polar surface area (TPSA) is 78.4 Å². The molecule has 0 spiro atoms. The lowest BCUT2D eigenvalue weighted by atomic mass is 9.98. The molecule has 0 bridgehead atoms. The van der Waals surface area contributed by atoms with E-state index in [4.69, 9.17) is 9.47 Å². The molecule has 0 aliphatic rings. The summed E-state index contributed by atoms with van der Waals surface area (Å²) in [6.45, 7) is 4.11. The van der Waals surface area contributed by atoms with Crippen molar-refractivity contribution in [1.82, 2.24) is 9.97 Å². The molecule has 0 saturated carbocycles. The van der Waals surface area contributed by atoms with E-state index in [-0.39, 0.29) is 25.2 Å². The second kappa shape index (κ2) is 8.73. The number of esters is 2. The van der Waals surface area contributed by atoms with Crippen LogP contribution in [0.15, 0.2) is 49.1 Å². The van der Waals surface area contributed by atoms with Crippen LogP contribution >= 0.6 is 22.7 Å². The molecule has 8 heteroatoms. The van der Waals surface area contributed by atoms with Gasteiger partial charge >= 0.3 is 11.9 Å². The molecular weight excluding hydrogens is 420 g/mol. The van der Waals surface area contributed by atoms with Crippen molar-refractivity contribution >= 4 is 44.0 Å². The summed E-state index contributed by atoms with van der Waals surface area (Å²) in [5, 5.41) is 0.817. The molecule has 0 unspecified atom stereocenters. The van der Waals surface area contributed by atoms with Gasteiger partial charge in [0, 0.05) is 52.4 Å². The van der Waals surface area contributed by atoms with Crippen LogP contribution in [-0.4, -0.2) is 35.1 Å². The average Bonchev–Trinajstić information content (AvgIpc) is 3.31. The van der Waals surface area contributed by atoms with Crippen LogP contribution in [0.5, 0.6) is 0 Å². The number of rotatable bonds is 6. The Morgan fingerprint density at radius 2 is 1.30 bits per heavy atom. The Kier molecular flexibility index (Phi) is 5.87. The number of carbonyl (C=O) groups is 2. The maximum atomic E-state index is 12.7. The molecule has 0 fully saturated rings. The zero-order valence-corrected chi connectivity index (χ0v) is 18.0. The number of fused-ring (bicyclic) bond motifs is 1. The van der Waals surface area contributed by atoms with E-state index in [2.05, 4.69) is 9.97 Å². The molecule has 0 radical (unpaired) electrons. The van der Waals surface area contributed by atoms with Crippen molar-refractivity contribution in [1.29, 1.82) is 0 Å². The fourth-order valence-corrected chi connectivity index (χ4v) is 5.80. The van der Waals surface area contributed by atoms with Crippen molar-refractivity contribution in [3.05, 3.63) is 58.8 Å². The lowest BCUT2D eigenvalue weighted by molar-refractivity contribution is 0.0523. The highest BCUT2D eigenvalue weighted by atomic mass is 32.2. The van der Waals surface area contributed by atoms with Gasteiger partial charge in [-0.1, -0.05) is 12.1 Å². The van der Waals surface area contributed by atoms with Gasteiger partial charge in [0.1, 0.15) is 9.75 Å². The van der Waals surface area contributed by atoms with Crippen LogP contribution in [0.25, 0.3) is 31.7 Å². The summed E-state index contributed by atoms with van der Waals surface area (Å²) < 4.78 is 11.5. The van der Waals surface area contributed by atoms with Gasteiger partial charge in [-0.2, -0.15) is 0 Å². The van der Waals surface area contributed by atoms with Gasteiger partial charge in [0.15, 0.2) is 0 Å². The summed E-state index contributed by atoms with van der Waals surface area (Å²) in [6, 6.07) is 7.42. The third kappa shape index (κ3) is 3.59. The minimum Gasteiger partial charge on any atom is -0.462 e. The molecule has 0 N–H and O–H groups in total. The SMILES string of the molecule is CCOC(=O)c1sc2sc(C(=O)OCC)c(-c3cccnc3)c2c1-c1cccnc1. The van der Waals surface area contributed by atoms with Crippen molar-refractivity contribution in [2.45, 2.75) is 13.8 Å². The van der Waals surface area contributed by atoms with E-state index in [1.54, 1.807) is 38.6 Å². The summed E-state index contributed by atoms with van der Waals surface area (Å²) >= 11 is 2.64. The second-order valence-electron chi connectivity index (χ2n) is 6.20. The summed E-state index contributed by atoms with van der Waals surface area (Å²) in [7, 11) is 0. The number of hydrogen-bond acceptors (Lipinski definition) is 8. The van der Waals surface area contributed by atoms with Crippen LogP contribution in [0.1, 0.15) is 33.2 Å². The highest BCUT2D eigenvalue weighted by Gasteiger charge is 2.29. The number of thiophene rings is 2. The van der Waals surface area contributed by atoms with Gasteiger partial charge in [-0.05, 0) is 26.0 Å². The van der Waals surface area contributed by atoms with E-state index in [0.717, 1.165) is 20.5 Å². The van der Waals surface area contributed by atoms with E-state index in [9.17, 15) is 9.59 Å². The first kappa shape index (κ1) is 20.2. The number of pyridine rings is 2. The van der Waals surface area contributed by atoms with Crippen molar-refractivity contribution in [2.75, 3.05) is 13.2 Å². The van der Waals surface area contributed by atoms with Crippen LogP contribution < -0.4 is 0 Å². The average molecular weight is 439 g/mol. The number of aromatic nitrogens is 2. The maximum Gasteiger partial charge on any atom is 0.349 e. The predicted molar refractivity (Wildman–Crippen MR) is 118 cm³/mol. The van der Waals surface area contributed by atoms with E-state index >= 15 is 0 Å². The standard InChI is InChI=1S/C22H18N2O4S2/c1-3-27-20(25)18-15(13-7-5-9-23-11-13)17-16(14-8-6-10-24-12-14)19(21(26)28-4-2)30-22(17)29-18/h5-12H,3-4H2,1-2H3. The third-order valence-corrected chi connectivity index (χ3v) is 6.80. The Balaban J connectivity index is 2.08. The largest absolute Gasteiger partial charge is 0.462 e. The number of hydrogen-bond donors (Lipinski definition) is 0. The normalized spacial score (nSPS) is 10.9. The van der Waals surface area contributed by atoms with Gasteiger partial charge in [-0.3, -0.25) is 9.97 Å². The molecule has 4 aromatic heterocycles. The molecule has 4 aromatic rings. The lowest BCUT2D eigenvalue weighted by Crippen LogP contribution is -2.05. The Morgan fingerprint density at radius 3 is 1.67 bits per heavy atom. The first-order chi connectivity index (χ1) is 14.7. The highest BCUT2D eigenvalue weighted by Crippen LogP contribution is 2.49. The maximum absolute atomic E-state index is 12.7. The van der Waals surface area contributed by atoms with Gasteiger partial charge in [0.25, 0.3) is 0 Å². The van der Waals surface area contributed by atoms with Crippen molar-refractivity contribution in [3.63, 3.8) is 0 Å². The fraction of sp³-hybridized carbons (Fsp3) is 0.182. The Bertz CT molecular complexity index is 1110. The van der Waals surface area contributed by atoms with E-state index in [1.165, 1.54) is 22.7 Å². The molecule has 152 valence electrons. The Morgan fingerprint density at radius 1 is 0.833 bits per heavy atom. The number of ether oxygens (including phenoxy) is 2. The molecule has 0 aliphatic carbocycles. The van der Waals surface area contributed by atoms with E-state index in [1.807, 2.05) is 24.3 Å². The second-order valence-corrected chi connectivity index (χ2v) is 8.50. The minimum atomic E-state index is -0.389. The lowest BCUT2D eigenvalue weighted by Gasteiger charge is -2.08. The molecule has 4 rings (SSSR count). The van der Waals surface area contributed by atoms with E-state index in [0.29, 0.717) is 20.9 Å². The zero-order chi connectivity index (χ0) is 21.1. The van der Waals surface area contributed by atoms with Gasteiger partial charge in [0.2, 0.25) is 0 Å². The van der Waals surface area contributed by atoms with Crippen LogP contribution in [0.4, 0.5) is 0 Å². The first-order valence-electron chi connectivity index (χ1n) is 9.40. The first-order valence-corrected chi connectivity index (χ1v) is 11.0. The van der Waals surface area contributed by atoms with Gasteiger partial charge in [0.05, 0.1) is 17.2 Å². The molecule has 30 heavy (non-hydrogen) atoms. The zero-order valence-electron chi connectivity index (χ0n) is 16.4. The monoisotopic (exact) mass is 438 g/mol. The van der Waals surface area contributed by atoms with E-state index < -0.39 is 0 Å². The molecular formula is C22H18N2O4S2. The molecule has 0 aromatic carbocycles. The van der Waals surface area contributed by atoms with Crippen LogP contribution in [0.2, 0.25) is 0 Å². The number of nitrogens with zero attached hydrogens (tertiary/aromatic N) is 2. The third-order valence-electron chi connectivity index (χ3n) is 4.37. The van der Waals surface area contributed by atoms with Crippen molar-refractivity contribution < 1.29 is 19.1 Å². The van der Waals surface area contributed by atoms with Gasteiger partial charge < -0.3 is 9.47 Å². The predicted octanol–water partition coefficient (Wildman–Crippen LogP) is 5.44. The van der Waals surface area contributed by atoms with Crippen LogP contribution in [-0.2, 0) is 9.47 Å². The molecule has 4 heterocycles. The Hall–Kier alpha value is -3.10. The number of carbonyl (C=O) groups excluding carboxylic acids is 2. The molecule has 0 aliphatic heterocycles. The van der Waals surface area contributed by atoms with Crippen LogP contribution in [0.3, 0.4) is 0 Å². The summed E-state index contributed by atoms with van der Waals surface area (Å²) in [4.78, 5) is 34.9. The molecule has 0 amide bonds. The molecule has 0 saturated heterocycles. The summed E-state index contributed by atoms with van der Waals surface area (Å²) in [6.07, 6.45) is 6.77. The van der Waals surface area contributed by atoms with Crippen molar-refractivity contribution in [3.8, 4) is 22.3 Å². The minimum absolute atomic E-state index is 0.278. The smallest absolute Gasteiger partial charge is 0.349 e. The highest BCUT2D eigenvalue weighted by molar-refractivity contribution is 7.40. The quantitative estimate of drug-likeness (QED) is 0.373. The van der Waals surface area contributed by atoms with Crippen molar-refractivity contribution in [2.24, 2.45) is 0 Å².